The summed E-state index contributed by atoms with van der Waals surface area (Å²) >= 11 is 0. The Hall–Kier alpha value is -2.93. The summed E-state index contributed by atoms with van der Waals surface area (Å²) in [5, 5.41) is 1.42. The van der Waals surface area contributed by atoms with E-state index < -0.39 is 16.1 Å². The normalized spacial score (nSPS) is 15.0. The standard InChI is InChI=1S/C20H19N3O3S/c1-14-12-15(2)21-19(13-14)22-10-11-23(20(22)24)27(25,26)18-9-5-7-16-6-3-4-8-17(16)18/h3-9,12-13H,10-11H2,1-2H3. The van der Waals surface area contributed by atoms with Gasteiger partial charge in [-0.3, -0.25) is 4.90 Å². The van der Waals surface area contributed by atoms with E-state index in [1.54, 1.807) is 30.3 Å². The highest BCUT2D eigenvalue weighted by atomic mass is 32.2. The largest absolute Gasteiger partial charge is 0.339 e. The quantitative estimate of drug-likeness (QED) is 0.696. The summed E-state index contributed by atoms with van der Waals surface area (Å²) in [6, 6.07) is 15.5. The van der Waals surface area contributed by atoms with Crippen LogP contribution in [0.3, 0.4) is 0 Å². The third-order valence-corrected chi connectivity index (χ3v) is 6.48. The van der Waals surface area contributed by atoms with Crippen LogP contribution in [0.4, 0.5) is 10.6 Å². The summed E-state index contributed by atoms with van der Waals surface area (Å²) in [6.07, 6.45) is 0. The number of fused-ring (bicyclic) bond motifs is 1. The van der Waals surface area contributed by atoms with Crippen LogP contribution in [0, 0.1) is 13.8 Å². The number of aryl methyl sites for hydroxylation is 2. The molecule has 0 bridgehead atoms. The van der Waals surface area contributed by atoms with Crippen LogP contribution in [0.1, 0.15) is 11.3 Å². The van der Waals surface area contributed by atoms with Crippen LogP contribution in [0.5, 0.6) is 0 Å². The van der Waals surface area contributed by atoms with Gasteiger partial charge in [-0.05, 0) is 43.0 Å². The summed E-state index contributed by atoms with van der Waals surface area (Å²) in [5.74, 6) is 0.480. The number of sulfonamides is 1. The minimum Gasteiger partial charge on any atom is -0.276 e. The van der Waals surface area contributed by atoms with E-state index >= 15 is 0 Å². The SMILES string of the molecule is Cc1cc(C)nc(N2CCN(S(=O)(=O)c3cccc4ccccc34)C2=O)c1. The maximum Gasteiger partial charge on any atom is 0.339 e. The first-order chi connectivity index (χ1) is 12.9. The first-order valence-corrected chi connectivity index (χ1v) is 10.1. The molecule has 1 aromatic heterocycles. The fourth-order valence-electron chi connectivity index (χ4n) is 3.45. The van der Waals surface area contributed by atoms with Crippen molar-refractivity contribution in [1.29, 1.82) is 0 Å². The van der Waals surface area contributed by atoms with E-state index in [0.717, 1.165) is 20.9 Å². The first kappa shape index (κ1) is 17.5. The number of hydrogen-bond acceptors (Lipinski definition) is 4. The Morgan fingerprint density at radius 1 is 0.963 bits per heavy atom. The van der Waals surface area contributed by atoms with Crippen molar-refractivity contribution in [2.24, 2.45) is 0 Å². The Bertz CT molecular complexity index is 1130. The molecule has 27 heavy (non-hydrogen) atoms. The number of aromatic nitrogens is 1. The molecule has 0 atom stereocenters. The zero-order chi connectivity index (χ0) is 19.2. The van der Waals surface area contributed by atoms with Gasteiger partial charge in [0.05, 0.1) is 11.4 Å². The summed E-state index contributed by atoms with van der Waals surface area (Å²) in [6.45, 7) is 4.14. The van der Waals surface area contributed by atoms with E-state index in [1.165, 1.54) is 4.90 Å². The molecule has 7 heteroatoms. The van der Waals surface area contributed by atoms with E-state index in [9.17, 15) is 13.2 Å². The molecule has 3 aromatic rings. The van der Waals surface area contributed by atoms with Gasteiger partial charge in [0.1, 0.15) is 5.82 Å². The molecule has 1 aliphatic heterocycles. The van der Waals surface area contributed by atoms with E-state index in [0.29, 0.717) is 11.2 Å². The van der Waals surface area contributed by atoms with Crippen molar-refractivity contribution in [3.05, 3.63) is 65.9 Å². The lowest BCUT2D eigenvalue weighted by atomic mass is 10.1. The predicted molar refractivity (Wildman–Crippen MR) is 104 cm³/mol. The number of hydrogen-bond donors (Lipinski definition) is 0. The van der Waals surface area contributed by atoms with Crippen LogP contribution < -0.4 is 4.90 Å². The first-order valence-electron chi connectivity index (χ1n) is 8.65. The number of urea groups is 1. The molecular weight excluding hydrogens is 362 g/mol. The molecule has 2 amide bonds. The van der Waals surface area contributed by atoms with Crippen LogP contribution in [-0.4, -0.2) is 36.8 Å². The van der Waals surface area contributed by atoms with Crippen molar-refractivity contribution in [3.63, 3.8) is 0 Å². The molecule has 0 aliphatic carbocycles. The Morgan fingerprint density at radius 3 is 2.48 bits per heavy atom. The van der Waals surface area contributed by atoms with Crippen LogP contribution >= 0.6 is 0 Å². The van der Waals surface area contributed by atoms with Crippen molar-refractivity contribution in [2.45, 2.75) is 18.7 Å². The molecule has 0 N–H and O–H groups in total. The molecule has 1 fully saturated rings. The lowest BCUT2D eigenvalue weighted by Crippen LogP contribution is -2.36. The van der Waals surface area contributed by atoms with Gasteiger partial charge in [-0.2, -0.15) is 0 Å². The molecule has 138 valence electrons. The van der Waals surface area contributed by atoms with Gasteiger partial charge in [0, 0.05) is 17.6 Å². The van der Waals surface area contributed by atoms with Crippen LogP contribution in [0.2, 0.25) is 0 Å². The smallest absolute Gasteiger partial charge is 0.276 e. The van der Waals surface area contributed by atoms with Crippen molar-refractivity contribution >= 4 is 32.6 Å². The van der Waals surface area contributed by atoms with E-state index in [1.807, 2.05) is 38.1 Å². The number of carbonyl (C=O) groups excluding carboxylic acids is 1. The van der Waals surface area contributed by atoms with Crippen molar-refractivity contribution in [1.82, 2.24) is 9.29 Å². The second kappa shape index (κ2) is 6.35. The van der Waals surface area contributed by atoms with Gasteiger partial charge < -0.3 is 0 Å². The number of nitrogens with zero attached hydrogens (tertiary/aromatic N) is 3. The molecule has 0 saturated carbocycles. The molecule has 4 rings (SSSR count). The summed E-state index contributed by atoms with van der Waals surface area (Å²) in [4.78, 5) is 18.9. The number of carbonyl (C=O) groups is 1. The lowest BCUT2D eigenvalue weighted by molar-refractivity contribution is 0.239. The molecule has 1 aliphatic rings. The van der Waals surface area contributed by atoms with Crippen molar-refractivity contribution in [3.8, 4) is 0 Å². The minimum absolute atomic E-state index is 0.0963. The van der Waals surface area contributed by atoms with Gasteiger partial charge in [-0.1, -0.05) is 36.4 Å². The van der Waals surface area contributed by atoms with E-state index in [-0.39, 0.29) is 18.0 Å². The molecule has 0 radical (unpaired) electrons. The van der Waals surface area contributed by atoms with Crippen LogP contribution in [0.15, 0.2) is 59.5 Å². The Balaban J connectivity index is 1.74. The van der Waals surface area contributed by atoms with E-state index in [4.69, 9.17) is 0 Å². The Labute approximate surface area is 158 Å². The summed E-state index contributed by atoms with van der Waals surface area (Å²) in [7, 11) is -3.96. The maximum atomic E-state index is 13.2. The minimum atomic E-state index is -3.96. The number of benzene rings is 2. The van der Waals surface area contributed by atoms with Crippen molar-refractivity contribution < 1.29 is 13.2 Å². The molecular formula is C20H19N3O3S. The summed E-state index contributed by atoms with van der Waals surface area (Å²) < 4.78 is 27.4. The topological polar surface area (TPSA) is 70.6 Å². The average Bonchev–Trinajstić information content (AvgIpc) is 3.02. The van der Waals surface area contributed by atoms with Crippen LogP contribution in [0.25, 0.3) is 10.8 Å². The fourth-order valence-corrected chi connectivity index (χ4v) is 5.03. The molecule has 1 saturated heterocycles. The Kier molecular flexibility index (Phi) is 4.11. The maximum absolute atomic E-state index is 13.2. The average molecular weight is 381 g/mol. The highest BCUT2D eigenvalue weighted by molar-refractivity contribution is 7.90. The monoisotopic (exact) mass is 381 g/mol. The summed E-state index contributed by atoms with van der Waals surface area (Å²) in [5.41, 5.74) is 1.76. The van der Waals surface area contributed by atoms with Crippen LogP contribution in [-0.2, 0) is 10.0 Å². The zero-order valence-electron chi connectivity index (χ0n) is 15.1. The van der Waals surface area contributed by atoms with Gasteiger partial charge >= 0.3 is 6.03 Å². The second-order valence-corrected chi connectivity index (χ2v) is 8.46. The molecule has 0 spiro atoms. The third kappa shape index (κ3) is 2.94. The fraction of sp³-hybridized carbons (Fsp3) is 0.200. The predicted octanol–water partition coefficient (Wildman–Crippen LogP) is 3.48. The zero-order valence-corrected chi connectivity index (χ0v) is 15.9. The number of amides is 2. The van der Waals surface area contributed by atoms with Gasteiger partial charge in [0.25, 0.3) is 10.0 Å². The number of rotatable bonds is 3. The van der Waals surface area contributed by atoms with Gasteiger partial charge in [0.2, 0.25) is 0 Å². The highest BCUT2D eigenvalue weighted by Gasteiger charge is 2.39. The third-order valence-electron chi connectivity index (χ3n) is 4.65. The second-order valence-electron chi connectivity index (χ2n) is 6.63. The number of pyridine rings is 1. The molecule has 0 unspecified atom stereocenters. The van der Waals surface area contributed by atoms with E-state index in [2.05, 4.69) is 4.98 Å². The van der Waals surface area contributed by atoms with Gasteiger partial charge in [-0.15, -0.1) is 0 Å². The molecule has 2 heterocycles. The molecule has 2 aromatic carbocycles. The van der Waals surface area contributed by atoms with Crippen molar-refractivity contribution in [2.75, 3.05) is 18.0 Å². The highest BCUT2D eigenvalue weighted by Crippen LogP contribution is 2.29. The Morgan fingerprint density at radius 2 is 1.70 bits per heavy atom. The van der Waals surface area contributed by atoms with Gasteiger partial charge in [-0.25, -0.2) is 22.5 Å². The van der Waals surface area contributed by atoms with Gasteiger partial charge in [0.15, 0.2) is 0 Å². The molecule has 6 nitrogen and oxygen atoms in total. The number of anilines is 1. The lowest BCUT2D eigenvalue weighted by Gasteiger charge is -2.19.